The number of anilines is 1. The first-order valence-corrected chi connectivity index (χ1v) is 7.75. The summed E-state index contributed by atoms with van der Waals surface area (Å²) in [7, 11) is 2.26. The van der Waals surface area contributed by atoms with Crippen molar-refractivity contribution in [1.82, 2.24) is 0 Å². The molecule has 1 aliphatic carbocycles. The van der Waals surface area contributed by atoms with Gasteiger partial charge in [-0.3, -0.25) is 0 Å². The third-order valence-corrected chi connectivity index (χ3v) is 4.40. The van der Waals surface area contributed by atoms with Crippen molar-refractivity contribution in [2.75, 3.05) is 18.5 Å². The van der Waals surface area contributed by atoms with Crippen LogP contribution in [0.2, 0.25) is 0 Å². The van der Waals surface area contributed by atoms with Crippen molar-refractivity contribution in [3.8, 4) is 0 Å². The van der Waals surface area contributed by atoms with E-state index in [-0.39, 0.29) is 0 Å². The van der Waals surface area contributed by atoms with Crippen LogP contribution in [-0.4, -0.2) is 19.6 Å². The van der Waals surface area contributed by atoms with Crippen LogP contribution in [0.5, 0.6) is 0 Å². The molecule has 1 aromatic rings. The number of hydrogen-bond acceptors (Lipinski definition) is 2. The highest BCUT2D eigenvalue weighted by molar-refractivity contribution is 5.55. The van der Waals surface area contributed by atoms with E-state index in [2.05, 4.69) is 37.1 Å². The molecule has 2 N–H and O–H groups in total. The Balaban J connectivity index is 2.18. The van der Waals surface area contributed by atoms with Crippen LogP contribution in [0.4, 0.5) is 5.69 Å². The maximum absolute atomic E-state index is 5.76. The molecule has 1 aliphatic rings. The van der Waals surface area contributed by atoms with Gasteiger partial charge in [0.1, 0.15) is 0 Å². The summed E-state index contributed by atoms with van der Waals surface area (Å²) in [4.78, 5) is 2.51. The third kappa shape index (κ3) is 3.73. The molecule has 2 rings (SSSR count). The van der Waals surface area contributed by atoms with Crippen molar-refractivity contribution < 1.29 is 0 Å². The summed E-state index contributed by atoms with van der Waals surface area (Å²) >= 11 is 0. The predicted octanol–water partition coefficient (Wildman–Crippen LogP) is 3.66. The zero-order valence-corrected chi connectivity index (χ0v) is 12.5. The number of aryl methyl sites for hydroxylation is 1. The lowest BCUT2D eigenvalue weighted by Crippen LogP contribution is -2.32. The minimum atomic E-state index is 0.710. The Hall–Kier alpha value is -1.02. The maximum Gasteiger partial charge on any atom is 0.0399 e. The molecule has 0 aliphatic heterocycles. The summed E-state index contributed by atoms with van der Waals surface area (Å²) in [5, 5.41) is 0. The van der Waals surface area contributed by atoms with E-state index in [1.54, 1.807) is 0 Å². The number of benzene rings is 1. The third-order valence-electron chi connectivity index (χ3n) is 4.40. The highest BCUT2D eigenvalue weighted by atomic mass is 15.1. The van der Waals surface area contributed by atoms with E-state index in [4.69, 9.17) is 5.73 Å². The zero-order valence-electron chi connectivity index (χ0n) is 12.5. The molecule has 1 fully saturated rings. The lowest BCUT2D eigenvalue weighted by atomic mass is 10.0. The van der Waals surface area contributed by atoms with Crippen molar-refractivity contribution in [1.29, 1.82) is 0 Å². The Kier molecular flexibility index (Phi) is 5.26. The molecule has 0 saturated heterocycles. The molecular weight excluding hydrogens is 232 g/mol. The van der Waals surface area contributed by atoms with Crippen LogP contribution in [0.25, 0.3) is 0 Å². The fourth-order valence-corrected chi connectivity index (χ4v) is 3.26. The molecule has 0 amide bonds. The van der Waals surface area contributed by atoms with Gasteiger partial charge in [-0.15, -0.1) is 0 Å². The molecule has 0 atom stereocenters. The Bertz CT molecular complexity index is 392. The Morgan fingerprint density at radius 3 is 2.47 bits per heavy atom. The summed E-state index contributed by atoms with van der Waals surface area (Å²) in [6.45, 7) is 2.89. The van der Waals surface area contributed by atoms with Gasteiger partial charge in [0.25, 0.3) is 0 Å². The largest absolute Gasteiger partial charge is 0.371 e. The van der Waals surface area contributed by atoms with Gasteiger partial charge in [-0.1, -0.05) is 43.4 Å². The van der Waals surface area contributed by atoms with Gasteiger partial charge in [0.15, 0.2) is 0 Å². The monoisotopic (exact) mass is 260 g/mol. The van der Waals surface area contributed by atoms with Crippen LogP contribution >= 0.6 is 0 Å². The van der Waals surface area contributed by atoms with Crippen LogP contribution in [0.15, 0.2) is 18.2 Å². The minimum absolute atomic E-state index is 0.710. The first kappa shape index (κ1) is 14.4. The van der Waals surface area contributed by atoms with Crippen LogP contribution in [0.3, 0.4) is 0 Å². The standard InChI is InChI=1S/C17H28N2/c1-14-9-10-17(15(13-14)11-12-18)19(2)16-7-5-3-4-6-8-16/h9-10,13,16H,3-8,11-12,18H2,1-2H3. The molecule has 0 radical (unpaired) electrons. The minimum Gasteiger partial charge on any atom is -0.371 e. The number of hydrogen-bond donors (Lipinski definition) is 1. The average molecular weight is 260 g/mol. The molecule has 2 nitrogen and oxygen atoms in total. The van der Waals surface area contributed by atoms with Gasteiger partial charge < -0.3 is 10.6 Å². The lowest BCUT2D eigenvalue weighted by Gasteiger charge is -2.31. The van der Waals surface area contributed by atoms with E-state index in [1.165, 1.54) is 55.3 Å². The van der Waals surface area contributed by atoms with Gasteiger partial charge in [-0.25, -0.2) is 0 Å². The molecule has 0 spiro atoms. The Morgan fingerprint density at radius 2 is 1.84 bits per heavy atom. The van der Waals surface area contributed by atoms with Gasteiger partial charge in [0, 0.05) is 18.8 Å². The van der Waals surface area contributed by atoms with Crippen LogP contribution < -0.4 is 10.6 Å². The summed E-state index contributed by atoms with van der Waals surface area (Å²) in [5.41, 5.74) is 9.90. The fourth-order valence-electron chi connectivity index (χ4n) is 3.26. The van der Waals surface area contributed by atoms with E-state index in [9.17, 15) is 0 Å². The molecule has 0 bridgehead atoms. The van der Waals surface area contributed by atoms with E-state index in [0.717, 1.165) is 13.0 Å². The number of rotatable bonds is 4. The highest BCUT2D eigenvalue weighted by Gasteiger charge is 2.19. The SMILES string of the molecule is Cc1ccc(N(C)C2CCCCCC2)c(CCN)c1. The molecule has 19 heavy (non-hydrogen) atoms. The second-order valence-corrected chi connectivity index (χ2v) is 5.93. The molecule has 0 aromatic heterocycles. The van der Waals surface area contributed by atoms with Gasteiger partial charge in [-0.2, -0.15) is 0 Å². The smallest absolute Gasteiger partial charge is 0.0399 e. The van der Waals surface area contributed by atoms with E-state index >= 15 is 0 Å². The van der Waals surface area contributed by atoms with Gasteiger partial charge in [0.2, 0.25) is 0 Å². The summed E-state index contributed by atoms with van der Waals surface area (Å²) in [6.07, 6.45) is 9.24. The van der Waals surface area contributed by atoms with Crippen molar-refractivity contribution >= 4 is 5.69 Å². The second kappa shape index (κ2) is 6.95. The topological polar surface area (TPSA) is 29.3 Å². The first-order chi connectivity index (χ1) is 9.22. The molecule has 106 valence electrons. The Labute approximate surface area is 118 Å². The predicted molar refractivity (Wildman–Crippen MR) is 83.8 cm³/mol. The second-order valence-electron chi connectivity index (χ2n) is 5.93. The average Bonchev–Trinajstić information content (AvgIpc) is 2.67. The quantitative estimate of drug-likeness (QED) is 0.837. The van der Waals surface area contributed by atoms with Crippen molar-refractivity contribution in [2.45, 2.75) is 57.9 Å². The van der Waals surface area contributed by atoms with Crippen molar-refractivity contribution in [3.63, 3.8) is 0 Å². The van der Waals surface area contributed by atoms with Crippen LogP contribution in [-0.2, 0) is 6.42 Å². The molecule has 1 saturated carbocycles. The normalized spacial score (nSPS) is 17.2. The van der Waals surface area contributed by atoms with Crippen molar-refractivity contribution in [3.05, 3.63) is 29.3 Å². The molecular formula is C17H28N2. The summed E-state index contributed by atoms with van der Waals surface area (Å²) in [5.74, 6) is 0. The van der Waals surface area contributed by atoms with Gasteiger partial charge in [0.05, 0.1) is 0 Å². The van der Waals surface area contributed by atoms with Gasteiger partial charge >= 0.3 is 0 Å². The first-order valence-electron chi connectivity index (χ1n) is 7.75. The number of nitrogens with two attached hydrogens (primary N) is 1. The fraction of sp³-hybridized carbons (Fsp3) is 0.647. The zero-order chi connectivity index (χ0) is 13.7. The van der Waals surface area contributed by atoms with E-state index in [0.29, 0.717) is 6.04 Å². The van der Waals surface area contributed by atoms with Crippen molar-refractivity contribution in [2.24, 2.45) is 5.73 Å². The lowest BCUT2D eigenvalue weighted by molar-refractivity contribution is 0.551. The Morgan fingerprint density at radius 1 is 1.16 bits per heavy atom. The van der Waals surface area contributed by atoms with Crippen LogP contribution in [0.1, 0.15) is 49.7 Å². The van der Waals surface area contributed by atoms with Crippen LogP contribution in [0, 0.1) is 6.92 Å². The van der Waals surface area contributed by atoms with Gasteiger partial charge in [-0.05, 0) is 44.4 Å². The molecule has 2 heteroatoms. The number of nitrogens with zero attached hydrogens (tertiary/aromatic N) is 1. The molecule has 0 unspecified atom stereocenters. The molecule has 0 heterocycles. The summed E-state index contributed by atoms with van der Waals surface area (Å²) in [6, 6.07) is 7.52. The molecule has 1 aromatic carbocycles. The maximum atomic E-state index is 5.76. The summed E-state index contributed by atoms with van der Waals surface area (Å²) < 4.78 is 0. The highest BCUT2D eigenvalue weighted by Crippen LogP contribution is 2.28. The van der Waals surface area contributed by atoms with E-state index in [1.807, 2.05) is 0 Å². The van der Waals surface area contributed by atoms with E-state index < -0.39 is 0 Å².